The molecular formula is C15H22N4O2. The minimum atomic E-state index is -0.0987. The molecule has 0 aromatic heterocycles. The molecule has 0 saturated heterocycles. The molecule has 114 valence electrons. The third-order valence-corrected chi connectivity index (χ3v) is 2.76. The van der Waals surface area contributed by atoms with Gasteiger partial charge in [-0.15, -0.1) is 0 Å². The van der Waals surface area contributed by atoms with Gasteiger partial charge in [0, 0.05) is 24.9 Å². The molecule has 2 amide bonds. The Morgan fingerprint density at radius 1 is 1.29 bits per heavy atom. The third-order valence-electron chi connectivity index (χ3n) is 2.76. The van der Waals surface area contributed by atoms with Gasteiger partial charge in [0.05, 0.1) is 5.71 Å². The van der Waals surface area contributed by atoms with Gasteiger partial charge in [-0.25, -0.2) is 5.43 Å². The van der Waals surface area contributed by atoms with E-state index < -0.39 is 0 Å². The molecule has 0 saturated carbocycles. The molecule has 1 atom stereocenters. The van der Waals surface area contributed by atoms with Crippen LogP contribution in [0.1, 0.15) is 25.8 Å². The van der Waals surface area contributed by atoms with Crippen LogP contribution in [0.15, 0.2) is 29.4 Å². The van der Waals surface area contributed by atoms with Crippen LogP contribution in [0.4, 0.5) is 5.69 Å². The summed E-state index contributed by atoms with van der Waals surface area (Å²) >= 11 is 0. The summed E-state index contributed by atoms with van der Waals surface area (Å²) in [7, 11) is 3.75. The van der Waals surface area contributed by atoms with Gasteiger partial charge >= 0.3 is 0 Å². The molecule has 21 heavy (non-hydrogen) atoms. The summed E-state index contributed by atoms with van der Waals surface area (Å²) in [6, 6.07) is 7.42. The molecular weight excluding hydrogens is 268 g/mol. The molecule has 1 aromatic rings. The quantitative estimate of drug-likeness (QED) is 0.768. The molecule has 0 spiro atoms. The molecule has 1 aromatic carbocycles. The Labute approximate surface area is 125 Å². The largest absolute Gasteiger partial charge is 0.326 e. The van der Waals surface area contributed by atoms with Crippen molar-refractivity contribution in [3.63, 3.8) is 0 Å². The molecule has 0 bridgehead atoms. The van der Waals surface area contributed by atoms with Crippen LogP contribution >= 0.6 is 0 Å². The molecule has 3 N–H and O–H groups in total. The zero-order chi connectivity index (χ0) is 15.8. The third kappa shape index (κ3) is 5.35. The first kappa shape index (κ1) is 16.8. The van der Waals surface area contributed by atoms with E-state index in [-0.39, 0.29) is 17.7 Å². The van der Waals surface area contributed by atoms with Crippen LogP contribution in [0.25, 0.3) is 0 Å². The summed E-state index contributed by atoms with van der Waals surface area (Å²) < 4.78 is 0. The van der Waals surface area contributed by atoms with Gasteiger partial charge in [-0.3, -0.25) is 9.59 Å². The second-order valence-electron chi connectivity index (χ2n) is 4.90. The van der Waals surface area contributed by atoms with Gasteiger partial charge in [0.15, 0.2) is 0 Å². The average molecular weight is 290 g/mol. The first-order valence-corrected chi connectivity index (χ1v) is 6.80. The number of anilines is 1. The monoisotopic (exact) mass is 290 g/mol. The maximum atomic E-state index is 11.2. The normalized spacial score (nSPS) is 17.0. The van der Waals surface area contributed by atoms with Gasteiger partial charge in [-0.2, -0.15) is 5.10 Å². The highest BCUT2D eigenvalue weighted by Gasteiger charge is 2.21. The van der Waals surface area contributed by atoms with Crippen LogP contribution in [-0.2, 0) is 9.59 Å². The van der Waals surface area contributed by atoms with Crippen molar-refractivity contribution in [3.8, 4) is 0 Å². The molecule has 0 fully saturated rings. The Morgan fingerprint density at radius 3 is 2.33 bits per heavy atom. The summed E-state index contributed by atoms with van der Waals surface area (Å²) in [6.07, 6.45) is 0.451. The van der Waals surface area contributed by atoms with Crippen LogP contribution in [0, 0.1) is 5.92 Å². The fourth-order valence-electron chi connectivity index (χ4n) is 1.93. The number of nitrogens with one attached hydrogen (secondary N) is 3. The standard InChI is InChI=1S/C13H15N3O2.C2H7N/c1-8-7-12(18)15-16-13(8)10-3-5-11(6-4-10)14-9(2)17;1-3-2/h3-6,8H,7H2,1-2H3,(H,14,17)(H,15,18);3H,1-2H3. The van der Waals surface area contributed by atoms with Crippen molar-refractivity contribution < 1.29 is 9.59 Å². The maximum Gasteiger partial charge on any atom is 0.240 e. The van der Waals surface area contributed by atoms with Crippen molar-refractivity contribution in [1.82, 2.24) is 10.7 Å². The Bertz CT molecular complexity index is 523. The SMILES string of the molecule is CC(=O)Nc1ccc(C2=NNC(=O)CC2C)cc1.CNC. The maximum absolute atomic E-state index is 11.2. The Balaban J connectivity index is 0.000000677. The first-order chi connectivity index (χ1) is 9.97. The number of hydrazone groups is 1. The highest BCUT2D eigenvalue weighted by Crippen LogP contribution is 2.18. The second kappa shape index (κ2) is 8.16. The van der Waals surface area contributed by atoms with Crippen LogP contribution in [-0.4, -0.2) is 31.6 Å². The number of benzene rings is 1. The smallest absolute Gasteiger partial charge is 0.240 e. The van der Waals surface area contributed by atoms with E-state index in [1.54, 1.807) is 0 Å². The predicted octanol–water partition coefficient (Wildman–Crippen LogP) is 1.34. The zero-order valence-corrected chi connectivity index (χ0v) is 12.9. The molecule has 1 unspecified atom stereocenters. The summed E-state index contributed by atoms with van der Waals surface area (Å²) in [4.78, 5) is 22.1. The molecule has 1 aliphatic heterocycles. The fourth-order valence-corrected chi connectivity index (χ4v) is 1.93. The summed E-state index contributed by atoms with van der Waals surface area (Å²) in [5, 5.41) is 9.54. The average Bonchev–Trinajstić information content (AvgIpc) is 2.40. The Kier molecular flexibility index (Phi) is 6.55. The lowest BCUT2D eigenvalue weighted by molar-refractivity contribution is -0.122. The number of carbonyl (C=O) groups excluding carboxylic acids is 2. The van der Waals surface area contributed by atoms with Gasteiger partial charge < -0.3 is 10.6 Å². The first-order valence-electron chi connectivity index (χ1n) is 6.80. The van der Waals surface area contributed by atoms with E-state index in [1.165, 1.54) is 6.92 Å². The molecule has 6 nitrogen and oxygen atoms in total. The summed E-state index contributed by atoms with van der Waals surface area (Å²) in [5.74, 6) is -0.0510. The lowest BCUT2D eigenvalue weighted by Crippen LogP contribution is -2.31. The van der Waals surface area contributed by atoms with Gasteiger partial charge in [-0.05, 0) is 31.8 Å². The van der Waals surface area contributed by atoms with E-state index in [2.05, 4.69) is 21.2 Å². The highest BCUT2D eigenvalue weighted by molar-refractivity contribution is 6.06. The van der Waals surface area contributed by atoms with E-state index >= 15 is 0 Å². The Morgan fingerprint density at radius 2 is 1.86 bits per heavy atom. The number of carbonyl (C=O) groups is 2. The van der Waals surface area contributed by atoms with Crippen LogP contribution in [0.5, 0.6) is 0 Å². The molecule has 2 rings (SSSR count). The summed E-state index contributed by atoms with van der Waals surface area (Å²) in [5.41, 5.74) is 5.06. The van der Waals surface area contributed by atoms with Crippen molar-refractivity contribution >= 4 is 23.2 Å². The molecule has 0 aliphatic carbocycles. The van der Waals surface area contributed by atoms with E-state index in [9.17, 15) is 9.59 Å². The number of rotatable bonds is 2. The number of nitrogens with zero attached hydrogens (tertiary/aromatic N) is 1. The van der Waals surface area contributed by atoms with Crippen LogP contribution in [0.3, 0.4) is 0 Å². The number of amides is 2. The minimum absolute atomic E-state index is 0.0545. The number of hydrogen-bond acceptors (Lipinski definition) is 4. The van der Waals surface area contributed by atoms with Gasteiger partial charge in [0.1, 0.15) is 0 Å². The Hall–Kier alpha value is -2.21. The predicted molar refractivity (Wildman–Crippen MR) is 84.2 cm³/mol. The zero-order valence-electron chi connectivity index (χ0n) is 12.9. The van der Waals surface area contributed by atoms with E-state index in [0.29, 0.717) is 6.42 Å². The molecule has 0 radical (unpaired) electrons. The summed E-state index contributed by atoms with van der Waals surface area (Å²) in [6.45, 7) is 3.44. The van der Waals surface area contributed by atoms with E-state index in [0.717, 1.165) is 17.0 Å². The lowest BCUT2D eigenvalue weighted by atomic mass is 9.94. The molecule has 1 heterocycles. The van der Waals surface area contributed by atoms with Crippen molar-refractivity contribution in [2.24, 2.45) is 11.0 Å². The van der Waals surface area contributed by atoms with Crippen molar-refractivity contribution in [2.45, 2.75) is 20.3 Å². The minimum Gasteiger partial charge on any atom is -0.326 e. The van der Waals surface area contributed by atoms with Crippen molar-refractivity contribution in [1.29, 1.82) is 0 Å². The van der Waals surface area contributed by atoms with E-state index in [1.807, 2.05) is 45.3 Å². The lowest BCUT2D eigenvalue weighted by Gasteiger charge is -2.19. The van der Waals surface area contributed by atoms with E-state index in [4.69, 9.17) is 0 Å². The second-order valence-corrected chi connectivity index (χ2v) is 4.90. The molecule has 6 heteroatoms. The highest BCUT2D eigenvalue weighted by atomic mass is 16.2. The van der Waals surface area contributed by atoms with Crippen molar-refractivity contribution in [3.05, 3.63) is 29.8 Å². The van der Waals surface area contributed by atoms with Crippen molar-refractivity contribution in [2.75, 3.05) is 19.4 Å². The topological polar surface area (TPSA) is 82.6 Å². The van der Waals surface area contributed by atoms with Gasteiger partial charge in [0.2, 0.25) is 11.8 Å². The number of hydrogen-bond donors (Lipinski definition) is 3. The van der Waals surface area contributed by atoms with Gasteiger partial charge in [-0.1, -0.05) is 19.1 Å². The van der Waals surface area contributed by atoms with Gasteiger partial charge in [0.25, 0.3) is 0 Å². The molecule has 1 aliphatic rings. The fraction of sp³-hybridized carbons (Fsp3) is 0.400. The van der Waals surface area contributed by atoms with Crippen LogP contribution in [0.2, 0.25) is 0 Å². The van der Waals surface area contributed by atoms with Crippen LogP contribution < -0.4 is 16.1 Å².